The number of amides is 2. The number of carbonyl (C=O) groups excluding carboxylic acids is 3. The summed E-state index contributed by atoms with van der Waals surface area (Å²) in [6.07, 6.45) is 0. The second-order valence-electron chi connectivity index (χ2n) is 5.28. The molecule has 0 aliphatic heterocycles. The minimum Gasteiger partial charge on any atom is -0.452 e. The third-order valence-corrected chi connectivity index (χ3v) is 3.58. The molecular formula is C18H18ClN3O5. The highest BCUT2D eigenvalue weighted by molar-refractivity contribution is 6.30. The minimum absolute atomic E-state index is 0.0981. The molecule has 0 aliphatic carbocycles. The van der Waals surface area contributed by atoms with E-state index in [4.69, 9.17) is 21.4 Å². The molecule has 0 heterocycles. The Bertz CT molecular complexity index is 811. The number of rotatable bonds is 7. The molecule has 4 N–H and O–H groups in total. The summed E-state index contributed by atoms with van der Waals surface area (Å²) in [6, 6.07) is 12.6. The molecule has 8 nitrogen and oxygen atoms in total. The highest BCUT2D eigenvalue weighted by atomic mass is 35.5. The number of carbonyl (C=O) groups is 3. The van der Waals surface area contributed by atoms with E-state index in [-0.39, 0.29) is 18.7 Å². The number of para-hydroxylation sites is 1. The van der Waals surface area contributed by atoms with Crippen molar-refractivity contribution in [2.45, 2.75) is 0 Å². The first-order valence-corrected chi connectivity index (χ1v) is 8.34. The number of hydrogen-bond donors (Lipinski definition) is 4. The fourth-order valence-corrected chi connectivity index (χ4v) is 2.18. The average Bonchev–Trinajstić information content (AvgIpc) is 2.69. The number of benzene rings is 2. The zero-order valence-electron chi connectivity index (χ0n) is 14.2. The number of ether oxygens (including phenoxy) is 1. The third kappa shape index (κ3) is 6.28. The van der Waals surface area contributed by atoms with Crippen LogP contribution < -0.4 is 16.2 Å². The van der Waals surface area contributed by atoms with Crippen molar-refractivity contribution in [2.24, 2.45) is 0 Å². The van der Waals surface area contributed by atoms with Crippen LogP contribution >= 0.6 is 11.6 Å². The minimum atomic E-state index is -0.713. The lowest BCUT2D eigenvalue weighted by molar-refractivity contribution is -0.125. The van der Waals surface area contributed by atoms with Gasteiger partial charge in [0, 0.05) is 22.8 Å². The van der Waals surface area contributed by atoms with Gasteiger partial charge in [0.2, 0.25) is 0 Å². The maximum absolute atomic E-state index is 12.1. The van der Waals surface area contributed by atoms with Crippen molar-refractivity contribution in [2.75, 3.05) is 25.1 Å². The molecular weight excluding hydrogens is 374 g/mol. The van der Waals surface area contributed by atoms with Gasteiger partial charge in [-0.15, -0.1) is 0 Å². The van der Waals surface area contributed by atoms with E-state index < -0.39 is 24.4 Å². The number of hydrazine groups is 1. The van der Waals surface area contributed by atoms with Crippen LogP contribution in [-0.4, -0.2) is 42.6 Å². The number of esters is 1. The summed E-state index contributed by atoms with van der Waals surface area (Å²) in [4.78, 5) is 35.7. The molecule has 0 atom stereocenters. The quantitative estimate of drug-likeness (QED) is 0.418. The van der Waals surface area contributed by atoms with E-state index >= 15 is 0 Å². The lowest BCUT2D eigenvalue weighted by Crippen LogP contribution is -2.43. The van der Waals surface area contributed by atoms with Gasteiger partial charge in [-0.2, -0.15) is 0 Å². The number of aliphatic hydroxyl groups excluding tert-OH is 1. The van der Waals surface area contributed by atoms with E-state index in [1.807, 2.05) is 0 Å². The summed E-state index contributed by atoms with van der Waals surface area (Å²) in [7, 11) is 0. The Morgan fingerprint density at radius 2 is 1.70 bits per heavy atom. The lowest BCUT2D eigenvalue weighted by Gasteiger charge is -2.11. The Morgan fingerprint density at radius 1 is 1.00 bits per heavy atom. The predicted molar refractivity (Wildman–Crippen MR) is 99.4 cm³/mol. The van der Waals surface area contributed by atoms with E-state index in [9.17, 15) is 14.4 Å². The average molecular weight is 392 g/mol. The molecule has 0 spiro atoms. The third-order valence-electron chi connectivity index (χ3n) is 3.33. The van der Waals surface area contributed by atoms with Crippen LogP contribution in [0.15, 0.2) is 48.5 Å². The van der Waals surface area contributed by atoms with Crippen LogP contribution in [0, 0.1) is 0 Å². The Labute approximate surface area is 160 Å². The monoisotopic (exact) mass is 391 g/mol. The van der Waals surface area contributed by atoms with Crippen LogP contribution in [-0.2, 0) is 9.53 Å². The van der Waals surface area contributed by atoms with Crippen molar-refractivity contribution in [3.05, 3.63) is 64.7 Å². The van der Waals surface area contributed by atoms with Crippen LogP contribution in [0.1, 0.15) is 20.7 Å². The van der Waals surface area contributed by atoms with E-state index in [0.717, 1.165) is 0 Å². The molecule has 0 bridgehead atoms. The van der Waals surface area contributed by atoms with Gasteiger partial charge in [0.15, 0.2) is 6.61 Å². The molecule has 142 valence electrons. The highest BCUT2D eigenvalue weighted by Crippen LogP contribution is 2.15. The summed E-state index contributed by atoms with van der Waals surface area (Å²) in [5.74, 6) is -1.95. The van der Waals surface area contributed by atoms with Crippen LogP contribution in [0.5, 0.6) is 0 Å². The first-order chi connectivity index (χ1) is 13.0. The highest BCUT2D eigenvalue weighted by Gasteiger charge is 2.14. The number of anilines is 1. The molecule has 0 saturated heterocycles. The Morgan fingerprint density at radius 3 is 2.41 bits per heavy atom. The second-order valence-corrected chi connectivity index (χ2v) is 5.72. The SMILES string of the molecule is O=C(COC(=O)c1ccccc1NCCO)NNC(=O)c1ccc(Cl)cc1. The molecule has 2 rings (SSSR count). The molecule has 2 aromatic carbocycles. The molecule has 0 fully saturated rings. The molecule has 2 aromatic rings. The topological polar surface area (TPSA) is 117 Å². The maximum atomic E-state index is 12.1. The van der Waals surface area contributed by atoms with Crippen molar-refractivity contribution < 1.29 is 24.2 Å². The predicted octanol–water partition coefficient (Wildman–Crippen LogP) is 1.36. The number of hydrogen-bond acceptors (Lipinski definition) is 6. The zero-order valence-corrected chi connectivity index (χ0v) is 15.0. The van der Waals surface area contributed by atoms with Gasteiger partial charge in [0.05, 0.1) is 12.2 Å². The smallest absolute Gasteiger partial charge is 0.340 e. The molecule has 9 heteroatoms. The van der Waals surface area contributed by atoms with Gasteiger partial charge in [-0.25, -0.2) is 4.79 Å². The van der Waals surface area contributed by atoms with Gasteiger partial charge in [-0.1, -0.05) is 23.7 Å². The van der Waals surface area contributed by atoms with Gasteiger partial charge in [-0.3, -0.25) is 20.4 Å². The van der Waals surface area contributed by atoms with Gasteiger partial charge >= 0.3 is 5.97 Å². The molecule has 0 aliphatic rings. The van der Waals surface area contributed by atoms with E-state index in [1.54, 1.807) is 30.3 Å². The Balaban J connectivity index is 1.82. The maximum Gasteiger partial charge on any atom is 0.340 e. The van der Waals surface area contributed by atoms with Crippen molar-refractivity contribution in [3.63, 3.8) is 0 Å². The first-order valence-electron chi connectivity index (χ1n) is 7.97. The van der Waals surface area contributed by atoms with Crippen LogP contribution in [0.4, 0.5) is 5.69 Å². The summed E-state index contributed by atoms with van der Waals surface area (Å²) >= 11 is 5.74. The van der Waals surface area contributed by atoms with Crippen molar-refractivity contribution in [1.82, 2.24) is 10.9 Å². The van der Waals surface area contributed by atoms with E-state index in [2.05, 4.69) is 16.2 Å². The van der Waals surface area contributed by atoms with E-state index in [0.29, 0.717) is 16.3 Å². The zero-order chi connectivity index (χ0) is 19.6. The van der Waals surface area contributed by atoms with Gasteiger partial charge in [0.1, 0.15) is 0 Å². The van der Waals surface area contributed by atoms with Crippen LogP contribution in [0.3, 0.4) is 0 Å². The summed E-state index contributed by atoms with van der Waals surface area (Å²) < 4.78 is 4.94. The standard InChI is InChI=1S/C18H18ClN3O5/c19-13-7-5-12(6-8-13)17(25)22-21-16(24)11-27-18(26)14-3-1-2-4-15(14)20-9-10-23/h1-8,20,23H,9-11H2,(H,21,24)(H,22,25). The molecule has 2 amide bonds. The fraction of sp³-hybridized carbons (Fsp3) is 0.167. The fourth-order valence-electron chi connectivity index (χ4n) is 2.05. The Kier molecular flexibility index (Phi) is 7.60. The lowest BCUT2D eigenvalue weighted by atomic mass is 10.2. The number of halogens is 1. The number of aliphatic hydroxyl groups is 1. The van der Waals surface area contributed by atoms with Gasteiger partial charge in [-0.05, 0) is 36.4 Å². The van der Waals surface area contributed by atoms with Crippen LogP contribution in [0.25, 0.3) is 0 Å². The first kappa shape index (κ1) is 20.2. The van der Waals surface area contributed by atoms with Gasteiger partial charge in [0.25, 0.3) is 11.8 Å². The van der Waals surface area contributed by atoms with Crippen molar-refractivity contribution in [3.8, 4) is 0 Å². The number of nitrogens with one attached hydrogen (secondary N) is 3. The summed E-state index contributed by atoms with van der Waals surface area (Å²) in [5, 5.41) is 12.2. The van der Waals surface area contributed by atoms with Crippen molar-refractivity contribution >= 4 is 35.1 Å². The van der Waals surface area contributed by atoms with Crippen molar-refractivity contribution in [1.29, 1.82) is 0 Å². The molecule has 0 aromatic heterocycles. The van der Waals surface area contributed by atoms with E-state index in [1.165, 1.54) is 18.2 Å². The molecule has 0 unspecified atom stereocenters. The molecule has 0 radical (unpaired) electrons. The van der Waals surface area contributed by atoms with Gasteiger partial charge < -0.3 is 15.2 Å². The summed E-state index contributed by atoms with van der Waals surface area (Å²) in [6.45, 7) is -0.408. The molecule has 27 heavy (non-hydrogen) atoms. The van der Waals surface area contributed by atoms with Crippen LogP contribution in [0.2, 0.25) is 5.02 Å². The second kappa shape index (κ2) is 10.1. The Hall–Kier alpha value is -3.10. The summed E-state index contributed by atoms with van der Waals surface area (Å²) in [5.41, 5.74) is 5.37. The normalized spacial score (nSPS) is 10.0. The molecule has 0 saturated carbocycles. The largest absolute Gasteiger partial charge is 0.452 e.